The van der Waals surface area contributed by atoms with E-state index in [1.165, 1.54) is 5.56 Å². The van der Waals surface area contributed by atoms with Gasteiger partial charge in [-0.2, -0.15) is 11.8 Å². The second-order valence-corrected chi connectivity index (χ2v) is 10.4. The quantitative estimate of drug-likeness (QED) is 0.478. The van der Waals surface area contributed by atoms with E-state index in [0.29, 0.717) is 13.0 Å². The Morgan fingerprint density at radius 2 is 1.67 bits per heavy atom. The smallest absolute Gasteiger partial charge is 0.242 e. The Hall–Kier alpha value is -1.79. The standard InChI is InChI=1S/C24H31BrN2O2S/c1-18(23(29)26-24(2,3)4)27(16-19-10-12-21(25)13-11-19)22(28)14-15-30-17-20-8-6-5-7-9-20/h5-13,18H,14-17H2,1-4H3,(H,26,29). The fourth-order valence-corrected chi connectivity index (χ4v) is 4.07. The monoisotopic (exact) mass is 490 g/mol. The second kappa shape index (κ2) is 11.6. The van der Waals surface area contributed by atoms with E-state index in [1.807, 2.05) is 63.2 Å². The topological polar surface area (TPSA) is 49.4 Å². The van der Waals surface area contributed by atoms with Gasteiger partial charge in [0.05, 0.1) is 0 Å². The van der Waals surface area contributed by atoms with Crippen LogP contribution < -0.4 is 5.32 Å². The van der Waals surface area contributed by atoms with E-state index in [9.17, 15) is 9.59 Å². The fourth-order valence-electron chi connectivity index (χ4n) is 2.91. The van der Waals surface area contributed by atoms with Crippen LogP contribution >= 0.6 is 27.7 Å². The zero-order valence-corrected chi connectivity index (χ0v) is 20.6. The molecule has 1 unspecified atom stereocenters. The van der Waals surface area contributed by atoms with Crippen LogP contribution in [0.15, 0.2) is 59.1 Å². The molecule has 6 heteroatoms. The lowest BCUT2D eigenvalue weighted by Gasteiger charge is -2.31. The molecule has 30 heavy (non-hydrogen) atoms. The minimum Gasteiger partial charge on any atom is -0.350 e. The van der Waals surface area contributed by atoms with Gasteiger partial charge in [0.15, 0.2) is 0 Å². The van der Waals surface area contributed by atoms with Crippen molar-refractivity contribution in [1.82, 2.24) is 10.2 Å². The number of carbonyl (C=O) groups excluding carboxylic acids is 2. The van der Waals surface area contributed by atoms with Crippen molar-refractivity contribution in [2.24, 2.45) is 0 Å². The van der Waals surface area contributed by atoms with E-state index in [2.05, 4.69) is 33.4 Å². The lowest BCUT2D eigenvalue weighted by molar-refractivity contribution is -0.140. The highest BCUT2D eigenvalue weighted by molar-refractivity contribution is 9.10. The molecule has 2 aromatic carbocycles. The first kappa shape index (κ1) is 24.5. The highest BCUT2D eigenvalue weighted by atomic mass is 79.9. The third-order valence-electron chi connectivity index (χ3n) is 4.50. The summed E-state index contributed by atoms with van der Waals surface area (Å²) >= 11 is 5.18. The van der Waals surface area contributed by atoms with Crippen LogP contribution in [-0.2, 0) is 21.9 Å². The molecule has 1 N–H and O–H groups in total. The molecule has 0 saturated heterocycles. The van der Waals surface area contributed by atoms with Crippen molar-refractivity contribution in [3.63, 3.8) is 0 Å². The Balaban J connectivity index is 2.02. The van der Waals surface area contributed by atoms with Gasteiger partial charge in [0.25, 0.3) is 0 Å². The van der Waals surface area contributed by atoms with E-state index in [0.717, 1.165) is 21.5 Å². The van der Waals surface area contributed by atoms with Crippen LogP contribution in [0.2, 0.25) is 0 Å². The lowest BCUT2D eigenvalue weighted by atomic mass is 10.1. The van der Waals surface area contributed by atoms with Gasteiger partial charge < -0.3 is 10.2 Å². The zero-order valence-electron chi connectivity index (χ0n) is 18.2. The van der Waals surface area contributed by atoms with Crippen LogP contribution in [0.4, 0.5) is 0 Å². The molecular formula is C24H31BrN2O2S. The zero-order chi connectivity index (χ0) is 22.1. The van der Waals surface area contributed by atoms with E-state index in [1.54, 1.807) is 23.6 Å². The number of amides is 2. The Kier molecular flexibility index (Phi) is 9.43. The number of rotatable bonds is 9. The molecular weight excluding hydrogens is 460 g/mol. The van der Waals surface area contributed by atoms with Gasteiger partial charge in [-0.05, 0) is 51.0 Å². The number of benzene rings is 2. The summed E-state index contributed by atoms with van der Waals surface area (Å²) in [6, 6.07) is 17.5. The molecule has 4 nitrogen and oxygen atoms in total. The molecule has 0 fully saturated rings. The van der Waals surface area contributed by atoms with Crippen molar-refractivity contribution in [3.8, 4) is 0 Å². The van der Waals surface area contributed by atoms with Crippen molar-refractivity contribution in [1.29, 1.82) is 0 Å². The molecule has 162 valence electrons. The summed E-state index contributed by atoms with van der Waals surface area (Å²) in [7, 11) is 0. The molecule has 0 radical (unpaired) electrons. The van der Waals surface area contributed by atoms with Crippen molar-refractivity contribution < 1.29 is 9.59 Å². The van der Waals surface area contributed by atoms with Gasteiger partial charge >= 0.3 is 0 Å². The lowest BCUT2D eigenvalue weighted by Crippen LogP contribution is -2.52. The molecule has 2 rings (SSSR count). The van der Waals surface area contributed by atoms with Gasteiger partial charge in [0.1, 0.15) is 6.04 Å². The third-order valence-corrected chi connectivity index (χ3v) is 6.06. The molecule has 0 aliphatic rings. The Morgan fingerprint density at radius 3 is 2.27 bits per heavy atom. The Morgan fingerprint density at radius 1 is 1.03 bits per heavy atom. The maximum absolute atomic E-state index is 13.1. The molecule has 0 aromatic heterocycles. The van der Waals surface area contributed by atoms with Gasteiger partial charge in [-0.1, -0.05) is 58.4 Å². The SMILES string of the molecule is CC(C(=O)NC(C)(C)C)N(Cc1ccc(Br)cc1)C(=O)CCSCc1ccccc1. The molecule has 0 aliphatic carbocycles. The first-order chi connectivity index (χ1) is 14.2. The highest BCUT2D eigenvalue weighted by Crippen LogP contribution is 2.18. The molecule has 2 aromatic rings. The summed E-state index contributed by atoms with van der Waals surface area (Å²) in [6.07, 6.45) is 0.404. The van der Waals surface area contributed by atoms with Gasteiger partial charge in [-0.3, -0.25) is 9.59 Å². The maximum Gasteiger partial charge on any atom is 0.242 e. The highest BCUT2D eigenvalue weighted by Gasteiger charge is 2.28. The summed E-state index contributed by atoms with van der Waals surface area (Å²) in [4.78, 5) is 27.5. The van der Waals surface area contributed by atoms with E-state index in [4.69, 9.17) is 0 Å². The van der Waals surface area contributed by atoms with Gasteiger partial charge in [-0.25, -0.2) is 0 Å². The van der Waals surface area contributed by atoms with Crippen molar-refractivity contribution in [2.45, 2.75) is 58.0 Å². The summed E-state index contributed by atoms with van der Waals surface area (Å²) < 4.78 is 0.986. The average Bonchev–Trinajstić information content (AvgIpc) is 2.69. The van der Waals surface area contributed by atoms with Crippen molar-refractivity contribution in [3.05, 3.63) is 70.2 Å². The number of hydrogen-bond donors (Lipinski definition) is 1. The molecule has 0 saturated carbocycles. The van der Waals surface area contributed by atoms with Crippen LogP contribution in [0, 0.1) is 0 Å². The number of thioether (sulfide) groups is 1. The number of nitrogens with one attached hydrogen (secondary N) is 1. The summed E-state index contributed by atoms with van der Waals surface area (Å²) in [5.74, 6) is 1.46. The fraction of sp³-hybridized carbons (Fsp3) is 0.417. The number of hydrogen-bond acceptors (Lipinski definition) is 3. The Labute approximate surface area is 192 Å². The number of carbonyl (C=O) groups is 2. The summed E-state index contributed by atoms with van der Waals surface area (Å²) in [6.45, 7) is 8.04. The molecule has 1 atom stereocenters. The normalized spacial score (nSPS) is 12.3. The Bertz CT molecular complexity index is 819. The van der Waals surface area contributed by atoms with Gasteiger partial charge in [0, 0.05) is 34.5 Å². The number of nitrogens with zero attached hydrogens (tertiary/aromatic N) is 1. The van der Waals surface area contributed by atoms with Crippen LogP contribution in [0.1, 0.15) is 45.2 Å². The molecule has 0 aliphatic heterocycles. The first-order valence-corrected chi connectivity index (χ1v) is 12.1. The number of halogens is 1. The minimum absolute atomic E-state index is 0.00459. The average molecular weight is 491 g/mol. The van der Waals surface area contributed by atoms with Gasteiger partial charge in [-0.15, -0.1) is 0 Å². The minimum atomic E-state index is -0.542. The summed E-state index contributed by atoms with van der Waals surface area (Å²) in [5, 5.41) is 2.99. The van der Waals surface area contributed by atoms with E-state index >= 15 is 0 Å². The largest absolute Gasteiger partial charge is 0.350 e. The molecule has 2 amide bonds. The molecule has 0 bridgehead atoms. The van der Waals surface area contributed by atoms with E-state index < -0.39 is 6.04 Å². The van der Waals surface area contributed by atoms with Crippen molar-refractivity contribution in [2.75, 3.05) is 5.75 Å². The predicted octanol–water partition coefficient (Wildman–Crippen LogP) is 5.40. The first-order valence-electron chi connectivity index (χ1n) is 10.1. The third kappa shape index (κ3) is 8.52. The molecule has 0 heterocycles. The summed E-state index contributed by atoms with van der Waals surface area (Å²) in [5.41, 5.74) is 1.90. The van der Waals surface area contributed by atoms with Crippen LogP contribution in [0.25, 0.3) is 0 Å². The van der Waals surface area contributed by atoms with Gasteiger partial charge in [0.2, 0.25) is 11.8 Å². The molecule has 0 spiro atoms. The second-order valence-electron chi connectivity index (χ2n) is 8.35. The van der Waals surface area contributed by atoms with Crippen LogP contribution in [-0.4, -0.2) is 34.0 Å². The van der Waals surface area contributed by atoms with Crippen LogP contribution in [0.5, 0.6) is 0 Å². The van der Waals surface area contributed by atoms with Crippen LogP contribution in [0.3, 0.4) is 0 Å². The predicted molar refractivity (Wildman–Crippen MR) is 129 cm³/mol. The van der Waals surface area contributed by atoms with E-state index in [-0.39, 0.29) is 17.4 Å². The van der Waals surface area contributed by atoms with Crippen molar-refractivity contribution >= 4 is 39.5 Å². The maximum atomic E-state index is 13.1.